The number of nitrogens with one attached hydrogen (secondary N) is 3. The summed E-state index contributed by atoms with van der Waals surface area (Å²) in [6, 6.07) is -4.19. The van der Waals surface area contributed by atoms with Crippen LogP contribution in [-0.2, 0) is 29.2 Å². The SMILES string of the molecule is CC(C)C(NS(=O)(=O)C(F)(F)F)C(=O)N1CC[C@@H](C(C)(C)C)C[C@H]1C(=O)NC(C[C@@H]1CCNC1=O)C(N)=O. The first-order valence-electron chi connectivity index (χ1n) is 12.5. The number of rotatable bonds is 9. The van der Waals surface area contributed by atoms with Gasteiger partial charge >= 0.3 is 15.5 Å². The van der Waals surface area contributed by atoms with Gasteiger partial charge in [-0.25, -0.2) is 8.42 Å². The molecule has 0 bridgehead atoms. The number of carbonyl (C=O) groups is 4. The van der Waals surface area contributed by atoms with Crippen molar-refractivity contribution in [2.24, 2.45) is 28.9 Å². The average molecular weight is 570 g/mol. The highest BCUT2D eigenvalue weighted by Gasteiger charge is 2.50. The van der Waals surface area contributed by atoms with Crippen molar-refractivity contribution in [2.45, 2.75) is 83.9 Å². The highest BCUT2D eigenvalue weighted by molar-refractivity contribution is 7.90. The van der Waals surface area contributed by atoms with E-state index in [1.54, 1.807) is 0 Å². The van der Waals surface area contributed by atoms with Crippen molar-refractivity contribution in [2.75, 3.05) is 13.1 Å². The third-order valence-electron chi connectivity index (χ3n) is 7.28. The number of sulfonamides is 1. The zero-order valence-corrected chi connectivity index (χ0v) is 23.0. The molecule has 2 rings (SSSR count). The van der Waals surface area contributed by atoms with Gasteiger partial charge in [0.05, 0.1) is 0 Å². The van der Waals surface area contributed by atoms with Crippen molar-refractivity contribution in [3.05, 3.63) is 0 Å². The molecule has 0 aromatic carbocycles. The molecule has 5 N–H and O–H groups in total. The van der Waals surface area contributed by atoms with Gasteiger partial charge in [-0.3, -0.25) is 19.2 Å². The summed E-state index contributed by atoms with van der Waals surface area (Å²) in [4.78, 5) is 52.1. The first-order chi connectivity index (χ1) is 17.3. The first kappa shape index (κ1) is 31.8. The van der Waals surface area contributed by atoms with Gasteiger partial charge in [-0.2, -0.15) is 17.9 Å². The predicted molar refractivity (Wildman–Crippen MR) is 131 cm³/mol. The lowest BCUT2D eigenvalue weighted by molar-refractivity contribution is -0.147. The number of hydrogen-bond acceptors (Lipinski definition) is 6. The zero-order valence-electron chi connectivity index (χ0n) is 22.2. The Morgan fingerprint density at radius 2 is 1.76 bits per heavy atom. The Morgan fingerprint density at radius 3 is 2.21 bits per heavy atom. The Bertz CT molecular complexity index is 1030. The molecule has 0 aromatic rings. The second-order valence-electron chi connectivity index (χ2n) is 11.4. The summed E-state index contributed by atoms with van der Waals surface area (Å²) >= 11 is 0. The Balaban J connectivity index is 2.35. The summed E-state index contributed by atoms with van der Waals surface area (Å²) in [5.74, 6) is -4.37. The Kier molecular flexibility index (Phi) is 9.84. The van der Waals surface area contributed by atoms with Crippen molar-refractivity contribution >= 4 is 33.7 Å². The molecule has 0 aliphatic carbocycles. The van der Waals surface area contributed by atoms with Crippen LogP contribution in [0, 0.1) is 23.2 Å². The van der Waals surface area contributed by atoms with E-state index in [0.717, 1.165) is 4.90 Å². The summed E-state index contributed by atoms with van der Waals surface area (Å²) in [5.41, 5.74) is -0.433. The molecule has 4 amide bonds. The van der Waals surface area contributed by atoms with E-state index >= 15 is 0 Å². The molecule has 218 valence electrons. The predicted octanol–water partition coefficient (Wildman–Crippen LogP) is 0.600. The molecule has 0 aromatic heterocycles. The van der Waals surface area contributed by atoms with Gasteiger partial charge in [-0.05, 0) is 42.9 Å². The molecular weight excluding hydrogens is 531 g/mol. The maximum atomic E-state index is 13.5. The molecule has 15 heteroatoms. The van der Waals surface area contributed by atoms with Crippen LogP contribution < -0.4 is 21.1 Å². The van der Waals surface area contributed by atoms with Gasteiger partial charge in [-0.1, -0.05) is 34.6 Å². The van der Waals surface area contributed by atoms with E-state index in [1.165, 1.54) is 18.6 Å². The van der Waals surface area contributed by atoms with Gasteiger partial charge < -0.3 is 21.3 Å². The van der Waals surface area contributed by atoms with E-state index in [-0.39, 0.29) is 36.6 Å². The maximum Gasteiger partial charge on any atom is 0.511 e. The summed E-state index contributed by atoms with van der Waals surface area (Å²) in [7, 11) is -5.84. The molecular formula is C23H38F3N5O6S. The number of alkyl halides is 3. The number of piperidine rings is 1. The minimum atomic E-state index is -5.84. The van der Waals surface area contributed by atoms with Crippen LogP contribution >= 0.6 is 0 Å². The van der Waals surface area contributed by atoms with E-state index in [9.17, 15) is 40.8 Å². The van der Waals surface area contributed by atoms with Crippen LogP contribution in [0.1, 0.15) is 60.3 Å². The molecule has 5 atom stereocenters. The lowest BCUT2D eigenvalue weighted by Crippen LogP contribution is -2.62. The van der Waals surface area contributed by atoms with Crippen LogP contribution in [0.3, 0.4) is 0 Å². The summed E-state index contributed by atoms with van der Waals surface area (Å²) < 4.78 is 64.2. The van der Waals surface area contributed by atoms with Crippen molar-refractivity contribution in [3.8, 4) is 0 Å². The third kappa shape index (κ3) is 7.58. The van der Waals surface area contributed by atoms with Gasteiger partial charge in [0.2, 0.25) is 23.6 Å². The standard InChI is InChI=1S/C23H38F3N5O6S/c1-12(2)17(30-38(36,37)23(24,25)26)21(35)31-9-7-14(22(3,4)5)11-16(31)20(34)29-15(18(27)32)10-13-6-8-28-19(13)33/h12-17,30H,6-11H2,1-5H3,(H2,27,32)(H,28,33)(H,29,34)/t13-,14+,15?,16-,17?/m0/s1. The van der Waals surface area contributed by atoms with Crippen LogP contribution in [-0.4, -0.2) is 73.7 Å². The number of amides is 4. The number of hydrogen-bond donors (Lipinski definition) is 4. The molecule has 11 nitrogen and oxygen atoms in total. The van der Waals surface area contributed by atoms with Crippen LogP contribution in [0.25, 0.3) is 0 Å². The van der Waals surface area contributed by atoms with Gasteiger partial charge in [0.1, 0.15) is 18.1 Å². The quantitative estimate of drug-likeness (QED) is 0.317. The summed E-state index contributed by atoms with van der Waals surface area (Å²) in [6.07, 6.45) is 0.967. The Morgan fingerprint density at radius 1 is 1.16 bits per heavy atom. The van der Waals surface area contributed by atoms with Crippen molar-refractivity contribution in [3.63, 3.8) is 0 Å². The largest absolute Gasteiger partial charge is 0.511 e. The van der Waals surface area contributed by atoms with Crippen molar-refractivity contribution in [1.29, 1.82) is 0 Å². The smallest absolute Gasteiger partial charge is 0.368 e. The fraction of sp³-hybridized carbons (Fsp3) is 0.826. The monoisotopic (exact) mass is 569 g/mol. The summed E-state index contributed by atoms with van der Waals surface area (Å²) in [5, 5.41) is 5.16. The van der Waals surface area contributed by atoms with Crippen LogP contribution in [0.2, 0.25) is 0 Å². The second-order valence-corrected chi connectivity index (χ2v) is 13.1. The fourth-order valence-electron chi connectivity index (χ4n) is 4.82. The topological polar surface area (TPSA) is 168 Å². The number of halogens is 3. The molecule has 2 aliphatic heterocycles. The van der Waals surface area contributed by atoms with Crippen molar-refractivity contribution in [1.82, 2.24) is 20.3 Å². The minimum absolute atomic E-state index is 0.0118. The number of nitrogens with zero attached hydrogens (tertiary/aromatic N) is 1. The molecule has 0 saturated carbocycles. The number of carbonyl (C=O) groups excluding carboxylic acids is 4. The third-order valence-corrected chi connectivity index (χ3v) is 8.45. The van der Waals surface area contributed by atoms with E-state index in [4.69, 9.17) is 5.73 Å². The second kappa shape index (κ2) is 11.8. The highest BCUT2D eigenvalue weighted by Crippen LogP contribution is 2.37. The van der Waals surface area contributed by atoms with E-state index in [0.29, 0.717) is 19.4 Å². The highest BCUT2D eigenvalue weighted by atomic mass is 32.2. The van der Waals surface area contributed by atoms with Gasteiger partial charge in [0.25, 0.3) is 0 Å². The normalized spacial score (nSPS) is 24.6. The lowest BCUT2D eigenvalue weighted by Gasteiger charge is -2.44. The Labute approximate surface area is 220 Å². The number of nitrogens with two attached hydrogens (primary N) is 1. The van der Waals surface area contributed by atoms with Crippen LogP contribution in [0.5, 0.6) is 0 Å². The Hall–Kier alpha value is -2.42. The summed E-state index contributed by atoms with van der Waals surface area (Å²) in [6.45, 7) is 9.02. The molecule has 2 fully saturated rings. The molecule has 0 radical (unpaired) electrons. The van der Waals surface area contributed by atoms with E-state index < -0.39 is 63.2 Å². The molecule has 2 unspecified atom stereocenters. The molecule has 0 spiro atoms. The van der Waals surface area contributed by atoms with Gasteiger partial charge in [-0.15, -0.1) is 0 Å². The zero-order chi connectivity index (χ0) is 29.2. The minimum Gasteiger partial charge on any atom is -0.368 e. The fourth-order valence-corrected chi connectivity index (χ4v) is 5.66. The lowest BCUT2D eigenvalue weighted by atomic mass is 9.73. The number of likely N-dealkylation sites (tertiary alicyclic amines) is 1. The van der Waals surface area contributed by atoms with Gasteiger partial charge in [0, 0.05) is 19.0 Å². The van der Waals surface area contributed by atoms with Gasteiger partial charge in [0.15, 0.2) is 0 Å². The van der Waals surface area contributed by atoms with E-state index in [1.807, 2.05) is 20.8 Å². The van der Waals surface area contributed by atoms with Crippen molar-refractivity contribution < 1.29 is 40.8 Å². The molecule has 2 heterocycles. The molecule has 2 aliphatic rings. The van der Waals surface area contributed by atoms with E-state index in [2.05, 4.69) is 10.6 Å². The van der Waals surface area contributed by atoms with Crippen LogP contribution in [0.4, 0.5) is 13.2 Å². The average Bonchev–Trinajstić information content (AvgIpc) is 3.18. The first-order valence-corrected chi connectivity index (χ1v) is 14.0. The molecule has 38 heavy (non-hydrogen) atoms. The number of primary amides is 1. The molecule has 2 saturated heterocycles. The maximum absolute atomic E-state index is 13.5. The van der Waals surface area contributed by atoms with Crippen LogP contribution in [0.15, 0.2) is 0 Å².